The Bertz CT molecular complexity index is 316. The third-order valence-electron chi connectivity index (χ3n) is 2.13. The Morgan fingerprint density at radius 1 is 1.46 bits per heavy atom. The SMILES string of the molecule is OB(O)c1cnc2c(c1)CCOC2. The highest BCUT2D eigenvalue weighted by molar-refractivity contribution is 6.58. The monoisotopic (exact) mass is 179 g/mol. The molecule has 1 aromatic heterocycles. The number of aromatic nitrogens is 1. The van der Waals surface area contributed by atoms with Crippen LogP contribution in [0.3, 0.4) is 0 Å². The van der Waals surface area contributed by atoms with Gasteiger partial charge in [0, 0.05) is 11.7 Å². The van der Waals surface area contributed by atoms with Crippen molar-refractivity contribution in [3.8, 4) is 0 Å². The number of nitrogens with zero attached hydrogens (tertiary/aromatic N) is 1. The zero-order valence-corrected chi connectivity index (χ0v) is 7.10. The summed E-state index contributed by atoms with van der Waals surface area (Å²) in [4.78, 5) is 4.10. The van der Waals surface area contributed by atoms with Crippen molar-refractivity contribution in [3.05, 3.63) is 23.5 Å². The van der Waals surface area contributed by atoms with Gasteiger partial charge in [0.15, 0.2) is 0 Å². The molecule has 0 saturated carbocycles. The Morgan fingerprint density at radius 2 is 2.31 bits per heavy atom. The topological polar surface area (TPSA) is 62.6 Å². The van der Waals surface area contributed by atoms with Crippen LogP contribution in [0.5, 0.6) is 0 Å². The summed E-state index contributed by atoms with van der Waals surface area (Å²) in [5.74, 6) is 0. The maximum Gasteiger partial charge on any atom is 0.490 e. The highest BCUT2D eigenvalue weighted by atomic mass is 16.5. The summed E-state index contributed by atoms with van der Waals surface area (Å²) in [6.07, 6.45) is 2.26. The van der Waals surface area contributed by atoms with Crippen LogP contribution >= 0.6 is 0 Å². The molecule has 4 nitrogen and oxygen atoms in total. The molecular formula is C8H10BNO3. The molecule has 1 aliphatic heterocycles. The number of hydrogen-bond donors (Lipinski definition) is 2. The van der Waals surface area contributed by atoms with Crippen molar-refractivity contribution in [3.63, 3.8) is 0 Å². The first-order valence-corrected chi connectivity index (χ1v) is 4.19. The second kappa shape index (κ2) is 3.45. The van der Waals surface area contributed by atoms with Gasteiger partial charge in [-0.1, -0.05) is 6.07 Å². The van der Waals surface area contributed by atoms with Crippen LogP contribution in [-0.2, 0) is 17.8 Å². The first kappa shape index (κ1) is 8.68. The van der Waals surface area contributed by atoms with E-state index in [1.807, 2.05) is 0 Å². The number of fused-ring (bicyclic) bond motifs is 1. The van der Waals surface area contributed by atoms with E-state index < -0.39 is 7.12 Å². The van der Waals surface area contributed by atoms with E-state index in [1.54, 1.807) is 6.07 Å². The molecule has 0 aromatic carbocycles. The van der Waals surface area contributed by atoms with Crippen LogP contribution in [0.25, 0.3) is 0 Å². The number of rotatable bonds is 1. The van der Waals surface area contributed by atoms with Crippen LogP contribution in [0.2, 0.25) is 0 Å². The van der Waals surface area contributed by atoms with Crippen molar-refractivity contribution in [2.24, 2.45) is 0 Å². The molecular weight excluding hydrogens is 169 g/mol. The van der Waals surface area contributed by atoms with E-state index in [2.05, 4.69) is 4.98 Å². The molecule has 2 N–H and O–H groups in total. The van der Waals surface area contributed by atoms with Gasteiger partial charge >= 0.3 is 7.12 Å². The largest absolute Gasteiger partial charge is 0.490 e. The summed E-state index contributed by atoms with van der Waals surface area (Å²) in [7, 11) is -1.43. The van der Waals surface area contributed by atoms with Crippen LogP contribution in [-0.4, -0.2) is 28.8 Å². The van der Waals surface area contributed by atoms with Crippen molar-refractivity contribution >= 4 is 12.6 Å². The molecule has 2 heterocycles. The number of ether oxygens (including phenoxy) is 1. The summed E-state index contributed by atoms with van der Waals surface area (Å²) in [5.41, 5.74) is 2.40. The summed E-state index contributed by atoms with van der Waals surface area (Å²) >= 11 is 0. The highest BCUT2D eigenvalue weighted by Crippen LogP contribution is 2.11. The molecule has 5 heteroatoms. The third kappa shape index (κ3) is 1.72. The van der Waals surface area contributed by atoms with E-state index >= 15 is 0 Å². The second-order valence-corrected chi connectivity index (χ2v) is 3.05. The Balaban J connectivity index is 2.35. The van der Waals surface area contributed by atoms with Gasteiger partial charge in [-0.05, 0) is 12.0 Å². The van der Waals surface area contributed by atoms with E-state index in [9.17, 15) is 0 Å². The van der Waals surface area contributed by atoms with Gasteiger partial charge in [-0.15, -0.1) is 0 Å². The molecule has 1 aliphatic rings. The lowest BCUT2D eigenvalue weighted by Crippen LogP contribution is -2.31. The van der Waals surface area contributed by atoms with Crippen LogP contribution in [0.4, 0.5) is 0 Å². The fraction of sp³-hybridized carbons (Fsp3) is 0.375. The van der Waals surface area contributed by atoms with Gasteiger partial charge in [0.25, 0.3) is 0 Å². The molecule has 0 bridgehead atoms. The third-order valence-corrected chi connectivity index (χ3v) is 2.13. The van der Waals surface area contributed by atoms with E-state index in [1.165, 1.54) is 6.20 Å². The smallest absolute Gasteiger partial charge is 0.423 e. The molecule has 0 atom stereocenters. The number of pyridine rings is 1. The van der Waals surface area contributed by atoms with Crippen molar-refractivity contribution in [2.45, 2.75) is 13.0 Å². The standard InChI is InChI=1S/C8H10BNO3/c11-9(12)7-3-6-1-2-13-5-8(6)10-4-7/h3-4,11-12H,1-2,5H2. The Morgan fingerprint density at radius 3 is 3.08 bits per heavy atom. The zero-order chi connectivity index (χ0) is 9.26. The highest BCUT2D eigenvalue weighted by Gasteiger charge is 2.16. The molecule has 0 unspecified atom stereocenters. The lowest BCUT2D eigenvalue weighted by Gasteiger charge is -2.15. The van der Waals surface area contributed by atoms with Gasteiger partial charge in [-0.2, -0.15) is 0 Å². The molecule has 0 amide bonds. The first-order chi connectivity index (χ1) is 6.27. The van der Waals surface area contributed by atoms with Gasteiger partial charge in [0.05, 0.1) is 18.9 Å². The molecule has 1 aromatic rings. The van der Waals surface area contributed by atoms with Crippen LogP contribution in [0, 0.1) is 0 Å². The molecule has 2 rings (SSSR count). The summed E-state index contributed by atoms with van der Waals surface area (Å²) in [6, 6.07) is 1.77. The van der Waals surface area contributed by atoms with Gasteiger partial charge in [-0.25, -0.2) is 0 Å². The minimum absolute atomic E-state index is 0.445. The quantitative estimate of drug-likeness (QED) is 0.533. The van der Waals surface area contributed by atoms with E-state index in [0.29, 0.717) is 18.7 Å². The summed E-state index contributed by atoms with van der Waals surface area (Å²) < 4.78 is 5.21. The van der Waals surface area contributed by atoms with Crippen molar-refractivity contribution in [1.29, 1.82) is 0 Å². The average Bonchev–Trinajstić information content (AvgIpc) is 2.17. The maximum atomic E-state index is 8.91. The summed E-state index contributed by atoms with van der Waals surface area (Å²) in [5, 5.41) is 17.8. The Kier molecular flexibility index (Phi) is 2.31. The van der Waals surface area contributed by atoms with E-state index in [0.717, 1.165) is 17.7 Å². The molecule has 0 fully saturated rings. The van der Waals surface area contributed by atoms with E-state index in [4.69, 9.17) is 14.8 Å². The lowest BCUT2D eigenvalue weighted by molar-refractivity contribution is 0.107. The predicted octanol–water partition coefficient (Wildman–Crippen LogP) is -1.17. The van der Waals surface area contributed by atoms with Crippen molar-refractivity contribution < 1.29 is 14.8 Å². The maximum absolute atomic E-state index is 8.91. The molecule has 68 valence electrons. The second-order valence-electron chi connectivity index (χ2n) is 3.05. The minimum Gasteiger partial charge on any atom is -0.423 e. The Labute approximate surface area is 76.3 Å². The molecule has 0 radical (unpaired) electrons. The van der Waals surface area contributed by atoms with Crippen LogP contribution in [0.15, 0.2) is 12.3 Å². The summed E-state index contributed by atoms with van der Waals surface area (Å²) in [6.45, 7) is 1.21. The predicted molar refractivity (Wildman–Crippen MR) is 47.4 cm³/mol. The van der Waals surface area contributed by atoms with Gasteiger partial charge in [0.2, 0.25) is 0 Å². The number of hydrogen-bond acceptors (Lipinski definition) is 4. The van der Waals surface area contributed by atoms with Gasteiger partial charge < -0.3 is 14.8 Å². The van der Waals surface area contributed by atoms with Crippen LogP contribution in [0.1, 0.15) is 11.3 Å². The van der Waals surface area contributed by atoms with Crippen molar-refractivity contribution in [2.75, 3.05) is 6.61 Å². The lowest BCUT2D eigenvalue weighted by atomic mass is 9.80. The minimum atomic E-state index is -1.43. The Hall–Kier alpha value is -0.905. The normalized spacial score (nSPS) is 15.2. The molecule has 0 aliphatic carbocycles. The van der Waals surface area contributed by atoms with Crippen molar-refractivity contribution in [1.82, 2.24) is 4.98 Å². The molecule has 13 heavy (non-hydrogen) atoms. The van der Waals surface area contributed by atoms with E-state index in [-0.39, 0.29) is 0 Å². The fourth-order valence-corrected chi connectivity index (χ4v) is 1.40. The molecule has 0 saturated heterocycles. The first-order valence-electron chi connectivity index (χ1n) is 4.19. The van der Waals surface area contributed by atoms with Gasteiger partial charge in [0.1, 0.15) is 0 Å². The molecule has 0 spiro atoms. The fourth-order valence-electron chi connectivity index (χ4n) is 1.40. The van der Waals surface area contributed by atoms with Crippen LogP contribution < -0.4 is 5.46 Å². The zero-order valence-electron chi connectivity index (χ0n) is 7.10. The average molecular weight is 179 g/mol. The van der Waals surface area contributed by atoms with Gasteiger partial charge in [-0.3, -0.25) is 4.98 Å².